The highest BCUT2D eigenvalue weighted by Crippen LogP contribution is 2.32. The number of carbonyl (C=O) groups excluding carboxylic acids is 1. The minimum Gasteiger partial charge on any atom is -0.352 e. The second-order valence-corrected chi connectivity index (χ2v) is 5.29. The van der Waals surface area contributed by atoms with Crippen LogP contribution in [0.3, 0.4) is 0 Å². The molecule has 90 valence electrons. The summed E-state index contributed by atoms with van der Waals surface area (Å²) >= 11 is 0. The Morgan fingerprint density at radius 2 is 2.12 bits per heavy atom. The van der Waals surface area contributed by atoms with Crippen LogP contribution >= 0.6 is 0 Å². The highest BCUT2D eigenvalue weighted by atomic mass is 16.2. The van der Waals surface area contributed by atoms with Gasteiger partial charge in [0.1, 0.15) is 5.41 Å². The summed E-state index contributed by atoms with van der Waals surface area (Å²) in [7, 11) is 0. The topological polar surface area (TPSA) is 52.9 Å². The van der Waals surface area contributed by atoms with Gasteiger partial charge in [-0.25, -0.2) is 0 Å². The fourth-order valence-electron chi connectivity index (χ4n) is 2.19. The summed E-state index contributed by atoms with van der Waals surface area (Å²) in [6.45, 7) is 7.99. The Bertz CT molecular complexity index is 308. The van der Waals surface area contributed by atoms with Gasteiger partial charge in [0, 0.05) is 6.04 Å². The normalized spacial score (nSPS) is 32.8. The van der Waals surface area contributed by atoms with Gasteiger partial charge in [0.2, 0.25) is 5.91 Å². The van der Waals surface area contributed by atoms with E-state index < -0.39 is 5.41 Å². The summed E-state index contributed by atoms with van der Waals surface area (Å²) in [5, 5.41) is 12.1. The molecule has 4 atom stereocenters. The van der Waals surface area contributed by atoms with Crippen LogP contribution in [0, 0.1) is 28.6 Å². The highest BCUT2D eigenvalue weighted by Gasteiger charge is 2.36. The molecule has 0 radical (unpaired) electrons. The van der Waals surface area contributed by atoms with Crippen molar-refractivity contribution in [1.29, 1.82) is 5.26 Å². The summed E-state index contributed by atoms with van der Waals surface area (Å²) in [4.78, 5) is 12.0. The van der Waals surface area contributed by atoms with Gasteiger partial charge in [-0.15, -0.1) is 0 Å². The van der Waals surface area contributed by atoms with Gasteiger partial charge in [-0.3, -0.25) is 4.79 Å². The van der Waals surface area contributed by atoms with Crippen LogP contribution in [-0.2, 0) is 4.79 Å². The molecule has 1 rings (SSSR count). The zero-order chi connectivity index (χ0) is 12.3. The number of nitriles is 1. The maximum atomic E-state index is 12.0. The molecule has 0 aromatic rings. The van der Waals surface area contributed by atoms with Gasteiger partial charge >= 0.3 is 0 Å². The van der Waals surface area contributed by atoms with Gasteiger partial charge in [0.15, 0.2) is 0 Å². The van der Waals surface area contributed by atoms with Gasteiger partial charge in [-0.05, 0) is 38.0 Å². The Hall–Kier alpha value is -1.04. The first-order chi connectivity index (χ1) is 7.44. The van der Waals surface area contributed by atoms with E-state index in [-0.39, 0.29) is 11.9 Å². The maximum Gasteiger partial charge on any atom is 0.240 e. The van der Waals surface area contributed by atoms with Gasteiger partial charge in [0.25, 0.3) is 0 Å². The lowest BCUT2D eigenvalue weighted by atomic mass is 9.87. The van der Waals surface area contributed by atoms with Crippen LogP contribution in [0.1, 0.15) is 47.0 Å². The Balaban J connectivity index is 2.62. The van der Waals surface area contributed by atoms with E-state index in [2.05, 4.69) is 25.2 Å². The van der Waals surface area contributed by atoms with Gasteiger partial charge in [-0.1, -0.05) is 20.8 Å². The van der Waals surface area contributed by atoms with E-state index in [1.807, 2.05) is 6.92 Å². The second-order valence-electron chi connectivity index (χ2n) is 5.29. The average Bonchev–Trinajstić information content (AvgIpc) is 2.59. The van der Waals surface area contributed by atoms with Gasteiger partial charge < -0.3 is 5.32 Å². The Labute approximate surface area is 98.2 Å². The van der Waals surface area contributed by atoms with E-state index in [1.54, 1.807) is 6.92 Å². The maximum absolute atomic E-state index is 12.0. The molecular weight excluding hydrogens is 200 g/mol. The van der Waals surface area contributed by atoms with E-state index >= 15 is 0 Å². The molecule has 1 amide bonds. The zero-order valence-electron chi connectivity index (χ0n) is 10.7. The highest BCUT2D eigenvalue weighted by molar-refractivity contribution is 5.85. The second kappa shape index (κ2) is 4.86. The first-order valence-electron chi connectivity index (χ1n) is 6.16. The van der Waals surface area contributed by atoms with E-state index in [4.69, 9.17) is 5.26 Å². The number of amides is 1. The Morgan fingerprint density at radius 1 is 1.50 bits per heavy atom. The van der Waals surface area contributed by atoms with Crippen molar-refractivity contribution >= 4 is 5.91 Å². The largest absolute Gasteiger partial charge is 0.352 e. The molecule has 0 aliphatic heterocycles. The van der Waals surface area contributed by atoms with Crippen molar-refractivity contribution in [3.8, 4) is 6.07 Å². The first-order valence-corrected chi connectivity index (χ1v) is 6.16. The van der Waals surface area contributed by atoms with Crippen LogP contribution < -0.4 is 5.32 Å². The molecule has 1 fully saturated rings. The number of carbonyl (C=O) groups is 1. The third-order valence-corrected chi connectivity index (χ3v) is 4.24. The van der Waals surface area contributed by atoms with Crippen LogP contribution in [0.2, 0.25) is 0 Å². The molecule has 3 nitrogen and oxygen atoms in total. The first kappa shape index (κ1) is 13.0. The SMILES string of the molecule is CCC(C)(C#N)C(=O)NC1CCC(C)C1C. The summed E-state index contributed by atoms with van der Waals surface area (Å²) in [6, 6.07) is 2.37. The van der Waals surface area contributed by atoms with Crippen LogP contribution in [0.5, 0.6) is 0 Å². The molecular formula is C13H22N2O. The monoisotopic (exact) mass is 222 g/mol. The van der Waals surface area contributed by atoms with Gasteiger partial charge in [0.05, 0.1) is 6.07 Å². The van der Waals surface area contributed by atoms with E-state index in [0.29, 0.717) is 18.3 Å². The van der Waals surface area contributed by atoms with Crippen molar-refractivity contribution < 1.29 is 4.79 Å². The van der Waals surface area contributed by atoms with Crippen LogP contribution in [0.4, 0.5) is 0 Å². The quantitative estimate of drug-likeness (QED) is 0.797. The van der Waals surface area contributed by atoms with Gasteiger partial charge in [-0.2, -0.15) is 5.26 Å². The summed E-state index contributed by atoms with van der Waals surface area (Å²) in [6.07, 6.45) is 2.77. The molecule has 3 heteroatoms. The van der Waals surface area contributed by atoms with Crippen LogP contribution in [-0.4, -0.2) is 11.9 Å². The molecule has 16 heavy (non-hydrogen) atoms. The summed E-state index contributed by atoms with van der Waals surface area (Å²) < 4.78 is 0. The molecule has 1 N–H and O–H groups in total. The lowest BCUT2D eigenvalue weighted by molar-refractivity contribution is -0.128. The van der Waals surface area contributed by atoms with E-state index in [1.165, 1.54) is 6.42 Å². The van der Waals surface area contributed by atoms with Crippen LogP contribution in [0.25, 0.3) is 0 Å². The Kier molecular flexibility index (Phi) is 3.96. The standard InChI is InChI=1S/C13H22N2O/c1-5-13(4,8-14)12(16)15-11-7-6-9(2)10(11)3/h9-11H,5-7H2,1-4H3,(H,15,16). The zero-order valence-corrected chi connectivity index (χ0v) is 10.7. The molecule has 0 spiro atoms. The van der Waals surface area contributed by atoms with Crippen molar-refractivity contribution in [2.75, 3.05) is 0 Å². The number of rotatable bonds is 3. The molecule has 1 aliphatic rings. The molecule has 0 aromatic carbocycles. The Morgan fingerprint density at radius 3 is 2.50 bits per heavy atom. The molecule has 1 aliphatic carbocycles. The number of nitrogens with one attached hydrogen (secondary N) is 1. The number of hydrogen-bond acceptors (Lipinski definition) is 2. The van der Waals surface area contributed by atoms with Crippen molar-refractivity contribution in [2.45, 2.75) is 53.0 Å². The van der Waals surface area contributed by atoms with Crippen molar-refractivity contribution in [2.24, 2.45) is 17.3 Å². The smallest absolute Gasteiger partial charge is 0.240 e. The number of hydrogen-bond donors (Lipinski definition) is 1. The molecule has 0 heterocycles. The third kappa shape index (κ3) is 2.37. The molecule has 1 saturated carbocycles. The summed E-state index contributed by atoms with van der Waals surface area (Å²) in [5.74, 6) is 1.08. The number of nitrogens with zero attached hydrogens (tertiary/aromatic N) is 1. The third-order valence-electron chi connectivity index (χ3n) is 4.24. The molecule has 0 saturated heterocycles. The summed E-state index contributed by atoms with van der Waals surface area (Å²) in [5.41, 5.74) is -0.869. The van der Waals surface area contributed by atoms with Crippen molar-refractivity contribution in [3.05, 3.63) is 0 Å². The molecule has 4 unspecified atom stereocenters. The molecule has 0 aromatic heterocycles. The fraction of sp³-hybridized carbons (Fsp3) is 0.846. The van der Waals surface area contributed by atoms with Crippen molar-refractivity contribution in [1.82, 2.24) is 5.32 Å². The molecule has 0 bridgehead atoms. The predicted octanol–water partition coefficient (Wildman–Crippen LogP) is 2.48. The van der Waals surface area contributed by atoms with E-state index in [9.17, 15) is 4.79 Å². The average molecular weight is 222 g/mol. The predicted molar refractivity (Wildman–Crippen MR) is 63.5 cm³/mol. The minimum atomic E-state index is -0.869. The fourth-order valence-corrected chi connectivity index (χ4v) is 2.19. The van der Waals surface area contributed by atoms with Crippen molar-refractivity contribution in [3.63, 3.8) is 0 Å². The lowest BCUT2D eigenvalue weighted by Crippen LogP contribution is -2.44. The van der Waals surface area contributed by atoms with Crippen LogP contribution in [0.15, 0.2) is 0 Å². The minimum absolute atomic E-state index is 0.108. The lowest BCUT2D eigenvalue weighted by Gasteiger charge is -2.25. The van der Waals surface area contributed by atoms with E-state index in [0.717, 1.165) is 6.42 Å².